The summed E-state index contributed by atoms with van der Waals surface area (Å²) in [5, 5.41) is 14.0. The summed E-state index contributed by atoms with van der Waals surface area (Å²) in [4.78, 5) is 65.8. The van der Waals surface area contributed by atoms with Crippen LogP contribution in [0, 0.1) is 16.0 Å². The lowest BCUT2D eigenvalue weighted by Crippen LogP contribution is -2.33. The van der Waals surface area contributed by atoms with Gasteiger partial charge < -0.3 is 5.32 Å². The molecule has 10 nitrogen and oxygen atoms in total. The van der Waals surface area contributed by atoms with Gasteiger partial charge in [0.15, 0.2) is 0 Å². The molecule has 3 aromatic carbocycles. The maximum atomic E-state index is 13.9. The first kappa shape index (κ1) is 28.3. The number of nitrogens with one attached hydrogen (secondary N) is 1. The Bertz CT molecular complexity index is 1830. The van der Waals surface area contributed by atoms with E-state index in [4.69, 9.17) is 11.6 Å². The number of anilines is 2. The molecule has 0 radical (unpaired) electrons. The van der Waals surface area contributed by atoms with Gasteiger partial charge in [0.25, 0.3) is 5.69 Å². The summed E-state index contributed by atoms with van der Waals surface area (Å²) in [6.45, 7) is -0.295. The zero-order valence-corrected chi connectivity index (χ0v) is 25.2. The molecule has 1 aromatic heterocycles. The van der Waals surface area contributed by atoms with Gasteiger partial charge in [-0.25, -0.2) is 4.90 Å². The van der Waals surface area contributed by atoms with Crippen molar-refractivity contribution in [1.29, 1.82) is 0 Å². The molecule has 14 heteroatoms. The van der Waals surface area contributed by atoms with E-state index in [9.17, 15) is 29.3 Å². The van der Waals surface area contributed by atoms with Gasteiger partial charge in [-0.3, -0.25) is 33.9 Å². The summed E-state index contributed by atoms with van der Waals surface area (Å²) < 4.78 is 2.10. The van der Waals surface area contributed by atoms with Crippen LogP contribution in [0.25, 0.3) is 0 Å². The Labute approximate surface area is 259 Å². The predicted octanol–water partition coefficient (Wildman–Crippen LogP) is 5.67. The van der Waals surface area contributed by atoms with Crippen LogP contribution < -0.4 is 15.1 Å². The van der Waals surface area contributed by atoms with Crippen LogP contribution in [0.15, 0.2) is 87.1 Å². The third kappa shape index (κ3) is 5.06. The van der Waals surface area contributed by atoms with E-state index in [0.717, 1.165) is 38.0 Å². The molecule has 2 unspecified atom stereocenters. The number of rotatable bonds is 6. The first-order valence-electron chi connectivity index (χ1n) is 12.5. The number of nitro benzene ring substituents is 1. The number of hydrogen-bond acceptors (Lipinski definition) is 8. The number of carbonyl (C=O) groups is 3. The molecule has 42 heavy (non-hydrogen) atoms. The lowest BCUT2D eigenvalue weighted by atomic mass is 9.83. The van der Waals surface area contributed by atoms with Crippen molar-refractivity contribution in [3.05, 3.63) is 113 Å². The van der Waals surface area contributed by atoms with Gasteiger partial charge in [-0.15, -0.1) is 0 Å². The minimum atomic E-state index is -0.885. The highest BCUT2D eigenvalue weighted by Gasteiger charge is 2.56. The summed E-state index contributed by atoms with van der Waals surface area (Å²) in [6, 6.07) is 19.1. The van der Waals surface area contributed by atoms with Crippen LogP contribution in [0.3, 0.4) is 0 Å². The van der Waals surface area contributed by atoms with Gasteiger partial charge >= 0.3 is 4.87 Å². The molecule has 3 amide bonds. The van der Waals surface area contributed by atoms with E-state index in [1.807, 2.05) is 24.3 Å². The smallest absolute Gasteiger partial charge is 0.308 e. The lowest BCUT2D eigenvalue weighted by Gasteiger charge is -2.30. The average molecular weight is 686 g/mol. The van der Waals surface area contributed by atoms with Crippen molar-refractivity contribution in [2.45, 2.75) is 22.7 Å². The van der Waals surface area contributed by atoms with E-state index < -0.39 is 39.7 Å². The second-order valence-electron chi connectivity index (χ2n) is 9.56. The summed E-state index contributed by atoms with van der Waals surface area (Å²) in [5.74, 6) is -2.88. The number of hydrogen-bond donors (Lipinski definition) is 1. The van der Waals surface area contributed by atoms with Gasteiger partial charge in [0.1, 0.15) is 11.8 Å². The van der Waals surface area contributed by atoms with Crippen LogP contribution >= 0.6 is 50.6 Å². The van der Waals surface area contributed by atoms with Crippen molar-refractivity contribution < 1.29 is 19.3 Å². The standard InChI is InChI=1S/C28H18BrClN4O6S2/c29-15-3-1-2-14(12-15)21-22-23(26(37)33(25(22)36)18-8-10-19(11-9-18)34(39)40)41-27-24(21)42-28(38)32(27)13-20(35)31-17-6-4-16(30)5-7-17/h1-12,21-23H,13H2,(H,31,35)/t21-,22?,23?/m1/s1. The minimum absolute atomic E-state index is 0.167. The normalized spacial score (nSPS) is 19.4. The molecule has 1 N–H and O–H groups in total. The fourth-order valence-electron chi connectivity index (χ4n) is 5.17. The molecule has 4 aromatic rings. The SMILES string of the molecule is O=C(Cn1c2c(sc1=O)[C@H](c1cccc(Br)c1)C1C(=O)N(c3ccc([N+](=O)[O-])cc3)C(=O)C1S2)Nc1ccc(Cl)cc1. The highest BCUT2D eigenvalue weighted by molar-refractivity contribution is 9.10. The molecular formula is C28H18BrClN4O6S2. The van der Waals surface area contributed by atoms with Crippen LogP contribution in [-0.2, 0) is 20.9 Å². The zero-order chi connectivity index (χ0) is 29.7. The number of imide groups is 1. The van der Waals surface area contributed by atoms with Crippen LogP contribution in [-0.4, -0.2) is 32.5 Å². The number of amides is 3. The largest absolute Gasteiger partial charge is 0.325 e. The van der Waals surface area contributed by atoms with E-state index in [0.29, 0.717) is 20.6 Å². The number of halogens is 2. The van der Waals surface area contributed by atoms with Crippen molar-refractivity contribution in [2.24, 2.45) is 5.92 Å². The van der Waals surface area contributed by atoms with E-state index in [1.165, 1.54) is 28.8 Å². The van der Waals surface area contributed by atoms with Crippen molar-refractivity contribution in [3.8, 4) is 0 Å². The Balaban J connectivity index is 1.40. The number of carbonyl (C=O) groups excluding carboxylic acids is 3. The first-order chi connectivity index (χ1) is 20.1. The minimum Gasteiger partial charge on any atom is -0.325 e. The Kier molecular flexibility index (Phi) is 7.51. The van der Waals surface area contributed by atoms with Gasteiger partial charge in [-0.2, -0.15) is 0 Å². The molecular weight excluding hydrogens is 668 g/mol. The first-order valence-corrected chi connectivity index (χ1v) is 15.3. The second-order valence-corrected chi connectivity index (χ2v) is 13.0. The van der Waals surface area contributed by atoms with Gasteiger partial charge in [0.05, 0.1) is 21.6 Å². The molecule has 1 saturated heterocycles. The van der Waals surface area contributed by atoms with Gasteiger partial charge in [0.2, 0.25) is 17.7 Å². The van der Waals surface area contributed by atoms with E-state index >= 15 is 0 Å². The second kappa shape index (κ2) is 11.1. The molecule has 3 atom stereocenters. The van der Waals surface area contributed by atoms with Crippen molar-refractivity contribution in [3.63, 3.8) is 0 Å². The number of nitrogens with zero attached hydrogens (tertiary/aromatic N) is 3. The van der Waals surface area contributed by atoms with Gasteiger partial charge in [-0.05, 0) is 54.1 Å². The molecule has 2 aliphatic rings. The molecule has 0 saturated carbocycles. The molecule has 2 aliphatic heterocycles. The number of fused-ring (bicyclic) bond motifs is 2. The predicted molar refractivity (Wildman–Crippen MR) is 163 cm³/mol. The molecule has 212 valence electrons. The molecule has 3 heterocycles. The van der Waals surface area contributed by atoms with Crippen LogP contribution in [0.2, 0.25) is 5.02 Å². The summed E-state index contributed by atoms with van der Waals surface area (Å²) in [7, 11) is 0. The van der Waals surface area contributed by atoms with Crippen molar-refractivity contribution in [1.82, 2.24) is 4.57 Å². The summed E-state index contributed by atoms with van der Waals surface area (Å²) in [5.41, 5.74) is 1.30. The van der Waals surface area contributed by atoms with E-state index in [2.05, 4.69) is 21.2 Å². The highest BCUT2D eigenvalue weighted by Crippen LogP contribution is 2.54. The fourth-order valence-corrected chi connectivity index (χ4v) is 8.49. The maximum absolute atomic E-state index is 13.9. The Morgan fingerprint density at radius 3 is 2.40 bits per heavy atom. The number of non-ortho nitro benzene ring substituents is 1. The highest BCUT2D eigenvalue weighted by atomic mass is 79.9. The molecule has 0 spiro atoms. The van der Waals surface area contributed by atoms with Crippen LogP contribution in [0.4, 0.5) is 17.1 Å². The topological polar surface area (TPSA) is 132 Å². The van der Waals surface area contributed by atoms with Gasteiger partial charge in [-0.1, -0.05) is 62.8 Å². The third-order valence-electron chi connectivity index (χ3n) is 7.01. The van der Waals surface area contributed by atoms with Crippen molar-refractivity contribution >= 4 is 85.4 Å². The number of thioether (sulfide) groups is 1. The molecule has 0 aliphatic carbocycles. The molecule has 6 rings (SSSR count). The van der Waals surface area contributed by atoms with E-state index in [1.54, 1.807) is 24.3 Å². The summed E-state index contributed by atoms with van der Waals surface area (Å²) >= 11 is 11.4. The number of thiazole rings is 1. The van der Waals surface area contributed by atoms with Crippen LogP contribution in [0.1, 0.15) is 16.4 Å². The quantitative estimate of drug-likeness (QED) is 0.157. The zero-order valence-electron chi connectivity index (χ0n) is 21.2. The summed E-state index contributed by atoms with van der Waals surface area (Å²) in [6.07, 6.45) is 0. The molecule has 1 fully saturated rings. The number of benzene rings is 3. The third-order valence-corrected chi connectivity index (χ3v) is 10.4. The Morgan fingerprint density at radius 1 is 1.02 bits per heavy atom. The fraction of sp³-hybridized carbons (Fsp3) is 0.143. The van der Waals surface area contributed by atoms with Crippen LogP contribution in [0.5, 0.6) is 0 Å². The number of nitro groups is 1. The van der Waals surface area contributed by atoms with E-state index in [-0.39, 0.29) is 22.8 Å². The van der Waals surface area contributed by atoms with Crippen molar-refractivity contribution in [2.75, 3.05) is 10.2 Å². The average Bonchev–Trinajstić information content (AvgIpc) is 3.40. The monoisotopic (exact) mass is 684 g/mol. The maximum Gasteiger partial charge on any atom is 0.308 e. The Hall–Kier alpha value is -3.78. The Morgan fingerprint density at radius 2 is 1.74 bits per heavy atom. The number of aromatic nitrogens is 1. The van der Waals surface area contributed by atoms with Gasteiger partial charge in [0, 0.05) is 38.1 Å². The lowest BCUT2D eigenvalue weighted by molar-refractivity contribution is -0.384. The molecule has 0 bridgehead atoms.